The number of nitrogens with zero attached hydrogens (tertiary/aromatic N) is 3. The Kier molecular flexibility index (Phi) is 3.57. The Morgan fingerprint density at radius 3 is 2.74 bits per heavy atom. The van der Waals surface area contributed by atoms with E-state index in [2.05, 4.69) is 0 Å². The summed E-state index contributed by atoms with van der Waals surface area (Å²) in [5, 5.41) is 10.8. The Balaban J connectivity index is 2.18. The molecule has 104 valence electrons. The molecular weight excluding hydrogens is 248 g/mol. The number of piperidine rings is 1. The molecule has 0 saturated carbocycles. The van der Waals surface area contributed by atoms with Crippen LogP contribution >= 0.6 is 0 Å². The van der Waals surface area contributed by atoms with E-state index in [1.165, 1.54) is 23.7 Å². The van der Waals surface area contributed by atoms with Gasteiger partial charge in [-0.15, -0.1) is 0 Å². The zero-order valence-electron chi connectivity index (χ0n) is 11.1. The second-order valence-corrected chi connectivity index (χ2v) is 5.07. The number of carbonyl (C=O) groups excluding carboxylic acids is 1. The minimum Gasteiger partial charge on any atom is -0.358 e. The number of nitro groups is 1. The van der Waals surface area contributed by atoms with Crippen molar-refractivity contribution in [2.75, 3.05) is 13.1 Å². The molecule has 0 bridgehead atoms. The van der Waals surface area contributed by atoms with Gasteiger partial charge in [0.2, 0.25) is 0 Å². The molecule has 0 aliphatic carbocycles. The molecule has 1 saturated heterocycles. The molecule has 2 unspecified atom stereocenters. The monoisotopic (exact) mass is 266 g/mol. The molecule has 2 heterocycles. The molecule has 1 amide bonds. The van der Waals surface area contributed by atoms with Gasteiger partial charge in [-0.25, -0.2) is 4.57 Å². The van der Waals surface area contributed by atoms with Gasteiger partial charge in [0.15, 0.2) is 5.69 Å². The third-order valence-electron chi connectivity index (χ3n) is 3.76. The highest BCUT2D eigenvalue weighted by molar-refractivity contribution is 5.93. The molecule has 1 aromatic heterocycles. The fraction of sp³-hybridized carbons (Fsp3) is 0.583. The first-order valence-electron chi connectivity index (χ1n) is 6.26. The Hall–Kier alpha value is -1.89. The Morgan fingerprint density at radius 2 is 2.21 bits per heavy atom. The van der Waals surface area contributed by atoms with Crippen LogP contribution in [0.2, 0.25) is 0 Å². The van der Waals surface area contributed by atoms with E-state index in [0.29, 0.717) is 18.8 Å². The molecule has 1 aliphatic rings. The average molecular weight is 266 g/mol. The summed E-state index contributed by atoms with van der Waals surface area (Å²) in [6.07, 6.45) is 0.763. The van der Waals surface area contributed by atoms with Crippen molar-refractivity contribution >= 4 is 11.7 Å². The number of amides is 1. The molecule has 0 spiro atoms. The lowest BCUT2D eigenvalue weighted by Crippen LogP contribution is -2.48. The number of rotatable bonds is 2. The summed E-state index contributed by atoms with van der Waals surface area (Å²) in [4.78, 5) is 24.3. The average Bonchev–Trinajstić information content (AvgIpc) is 2.74. The van der Waals surface area contributed by atoms with Gasteiger partial charge in [-0.2, -0.15) is 0 Å². The highest BCUT2D eigenvalue weighted by Crippen LogP contribution is 2.20. The Bertz CT molecular complexity index is 511. The number of carbonyl (C=O) groups is 1. The molecule has 0 aromatic carbocycles. The number of hydrogen-bond donors (Lipinski definition) is 1. The maximum absolute atomic E-state index is 12.4. The van der Waals surface area contributed by atoms with Crippen LogP contribution in [0.4, 0.5) is 5.82 Å². The van der Waals surface area contributed by atoms with Crippen molar-refractivity contribution in [2.24, 2.45) is 18.7 Å². The zero-order chi connectivity index (χ0) is 14.2. The third kappa shape index (κ3) is 2.46. The highest BCUT2D eigenvalue weighted by Gasteiger charge is 2.30. The lowest BCUT2D eigenvalue weighted by Gasteiger charge is -2.34. The molecule has 7 nitrogen and oxygen atoms in total. The van der Waals surface area contributed by atoms with Crippen LogP contribution in [0.25, 0.3) is 0 Å². The lowest BCUT2D eigenvalue weighted by atomic mass is 9.94. The van der Waals surface area contributed by atoms with Gasteiger partial charge in [-0.1, -0.05) is 6.92 Å². The summed E-state index contributed by atoms with van der Waals surface area (Å²) >= 11 is 0. The Morgan fingerprint density at radius 1 is 1.53 bits per heavy atom. The van der Waals surface area contributed by atoms with Crippen LogP contribution in [0.15, 0.2) is 12.1 Å². The van der Waals surface area contributed by atoms with E-state index in [0.717, 1.165) is 6.42 Å². The second-order valence-electron chi connectivity index (χ2n) is 5.07. The molecular formula is C12H18N4O3. The van der Waals surface area contributed by atoms with Crippen molar-refractivity contribution in [1.29, 1.82) is 0 Å². The minimum atomic E-state index is -0.495. The molecule has 2 atom stereocenters. The SMILES string of the molecule is CC1CN(C(=O)c2ccc([N+](=O)[O-])n2C)CCC1N. The van der Waals surface area contributed by atoms with E-state index in [4.69, 9.17) is 5.73 Å². The van der Waals surface area contributed by atoms with Crippen molar-refractivity contribution in [3.63, 3.8) is 0 Å². The smallest absolute Gasteiger partial charge is 0.323 e. The minimum absolute atomic E-state index is 0.0786. The van der Waals surface area contributed by atoms with Crippen LogP contribution in [0, 0.1) is 16.0 Å². The zero-order valence-corrected chi connectivity index (χ0v) is 11.1. The number of aromatic nitrogens is 1. The van der Waals surface area contributed by atoms with Crippen LogP contribution in [0.5, 0.6) is 0 Å². The molecule has 7 heteroatoms. The van der Waals surface area contributed by atoms with Crippen LogP contribution < -0.4 is 5.73 Å². The van der Waals surface area contributed by atoms with E-state index in [1.54, 1.807) is 4.90 Å². The first kappa shape index (κ1) is 13.5. The van der Waals surface area contributed by atoms with Gasteiger partial charge >= 0.3 is 5.82 Å². The van der Waals surface area contributed by atoms with E-state index >= 15 is 0 Å². The van der Waals surface area contributed by atoms with E-state index in [1.807, 2.05) is 6.92 Å². The quantitative estimate of drug-likeness (QED) is 0.631. The van der Waals surface area contributed by atoms with Crippen molar-refractivity contribution in [3.05, 3.63) is 27.9 Å². The Labute approximate surface area is 111 Å². The van der Waals surface area contributed by atoms with Crippen molar-refractivity contribution in [2.45, 2.75) is 19.4 Å². The summed E-state index contributed by atoms with van der Waals surface area (Å²) in [7, 11) is 1.53. The topological polar surface area (TPSA) is 94.4 Å². The summed E-state index contributed by atoms with van der Waals surface area (Å²) in [5.74, 6) is -0.00702. The van der Waals surface area contributed by atoms with Gasteiger partial charge < -0.3 is 20.7 Å². The van der Waals surface area contributed by atoms with Crippen molar-refractivity contribution in [1.82, 2.24) is 9.47 Å². The first-order chi connectivity index (χ1) is 8.91. The summed E-state index contributed by atoms with van der Waals surface area (Å²) in [6.45, 7) is 3.21. The lowest BCUT2D eigenvalue weighted by molar-refractivity contribution is -0.391. The van der Waals surface area contributed by atoms with Crippen molar-refractivity contribution < 1.29 is 9.72 Å². The molecule has 1 fully saturated rings. The molecule has 0 radical (unpaired) electrons. The van der Waals surface area contributed by atoms with Gasteiger partial charge in [-0.05, 0) is 23.3 Å². The standard InChI is InChI=1S/C12H18N4O3/c1-8-7-15(6-5-9(8)13)12(17)10-3-4-11(14(10)2)16(18)19/h3-4,8-9H,5-7,13H2,1-2H3. The molecule has 2 N–H and O–H groups in total. The largest absolute Gasteiger partial charge is 0.358 e. The summed E-state index contributed by atoms with van der Waals surface area (Å²) < 4.78 is 1.32. The highest BCUT2D eigenvalue weighted by atomic mass is 16.6. The van der Waals surface area contributed by atoms with Gasteiger partial charge in [0.05, 0.1) is 7.05 Å². The van der Waals surface area contributed by atoms with Crippen LogP contribution in [-0.2, 0) is 7.05 Å². The summed E-state index contributed by atoms with van der Waals surface area (Å²) in [6, 6.07) is 2.97. The van der Waals surface area contributed by atoms with Gasteiger partial charge in [-0.3, -0.25) is 4.79 Å². The number of likely N-dealkylation sites (tertiary alicyclic amines) is 1. The molecule has 19 heavy (non-hydrogen) atoms. The van der Waals surface area contributed by atoms with E-state index < -0.39 is 4.92 Å². The molecule has 2 rings (SSSR count). The third-order valence-corrected chi connectivity index (χ3v) is 3.76. The van der Waals surface area contributed by atoms with Crippen LogP contribution in [0.3, 0.4) is 0 Å². The van der Waals surface area contributed by atoms with Crippen LogP contribution in [-0.4, -0.2) is 39.4 Å². The molecule has 1 aliphatic heterocycles. The van der Waals surface area contributed by atoms with Gasteiger partial charge in [0, 0.05) is 25.2 Å². The second kappa shape index (κ2) is 5.00. The molecule has 1 aromatic rings. The van der Waals surface area contributed by atoms with E-state index in [-0.39, 0.29) is 23.7 Å². The van der Waals surface area contributed by atoms with Gasteiger partial charge in [0.25, 0.3) is 5.91 Å². The predicted molar refractivity (Wildman–Crippen MR) is 69.7 cm³/mol. The maximum atomic E-state index is 12.4. The van der Waals surface area contributed by atoms with E-state index in [9.17, 15) is 14.9 Å². The number of nitrogens with two attached hydrogens (primary N) is 1. The normalized spacial score (nSPS) is 23.4. The predicted octanol–water partition coefficient (Wildman–Crippen LogP) is 0.743. The maximum Gasteiger partial charge on any atom is 0.323 e. The van der Waals surface area contributed by atoms with Gasteiger partial charge in [0.1, 0.15) is 0 Å². The van der Waals surface area contributed by atoms with Crippen LogP contribution in [0.1, 0.15) is 23.8 Å². The number of hydrogen-bond acceptors (Lipinski definition) is 4. The fourth-order valence-electron chi connectivity index (χ4n) is 2.41. The van der Waals surface area contributed by atoms with Crippen molar-refractivity contribution in [3.8, 4) is 0 Å². The fourth-order valence-corrected chi connectivity index (χ4v) is 2.41. The first-order valence-corrected chi connectivity index (χ1v) is 6.26. The summed E-state index contributed by atoms with van der Waals surface area (Å²) in [5.41, 5.74) is 6.26.